The number of hydrogen-bond donors (Lipinski definition) is 1. The Kier molecular flexibility index (Phi) is 4.52. The van der Waals surface area contributed by atoms with Gasteiger partial charge in [-0.1, -0.05) is 13.3 Å². The van der Waals surface area contributed by atoms with Gasteiger partial charge in [-0.15, -0.1) is 0 Å². The van der Waals surface area contributed by atoms with E-state index in [1.54, 1.807) is 0 Å². The second-order valence-corrected chi connectivity index (χ2v) is 5.81. The van der Waals surface area contributed by atoms with Gasteiger partial charge in [0.05, 0.1) is 5.69 Å². The second-order valence-electron chi connectivity index (χ2n) is 5.81. The Morgan fingerprint density at radius 2 is 2.00 bits per heavy atom. The highest BCUT2D eigenvalue weighted by Gasteiger charge is 2.39. The molecule has 0 aromatic carbocycles. The van der Waals surface area contributed by atoms with Crippen LogP contribution in [0.1, 0.15) is 55.9 Å². The molecule has 0 radical (unpaired) electrons. The number of rotatable bonds is 5. The number of nitrogens with one attached hydrogen (secondary N) is 1. The van der Waals surface area contributed by atoms with E-state index in [0.717, 1.165) is 63.5 Å². The molecular weight excluding hydrogens is 266 g/mol. The lowest BCUT2D eigenvalue weighted by Crippen LogP contribution is -2.39. The monoisotopic (exact) mass is 291 g/mol. The van der Waals surface area contributed by atoms with Gasteiger partial charge in [-0.2, -0.15) is 0 Å². The summed E-state index contributed by atoms with van der Waals surface area (Å²) in [6, 6.07) is 0. The van der Waals surface area contributed by atoms with E-state index in [1.807, 2.05) is 6.92 Å². The Morgan fingerprint density at radius 3 is 2.71 bits per heavy atom. The molecule has 0 bridgehead atoms. The van der Waals surface area contributed by atoms with Crippen molar-refractivity contribution >= 4 is 0 Å². The summed E-state index contributed by atoms with van der Waals surface area (Å²) in [6.45, 7) is 8.11. The summed E-state index contributed by atoms with van der Waals surface area (Å²) in [4.78, 5) is 9.77. The summed E-state index contributed by atoms with van der Waals surface area (Å²) in [5.41, 5.74) is 3.31. The molecule has 0 amide bonds. The largest absolute Gasteiger partial charge is 0.381 e. The van der Waals surface area contributed by atoms with Crippen LogP contribution < -0.4 is 5.32 Å². The van der Waals surface area contributed by atoms with Gasteiger partial charge in [0, 0.05) is 57.0 Å². The van der Waals surface area contributed by atoms with Gasteiger partial charge in [0.1, 0.15) is 5.60 Å². The van der Waals surface area contributed by atoms with Crippen LogP contribution >= 0.6 is 0 Å². The van der Waals surface area contributed by atoms with Crippen molar-refractivity contribution in [3.8, 4) is 0 Å². The molecule has 0 spiro atoms. The Bertz CT molecular complexity index is 493. The minimum atomic E-state index is -0.354. The topological polar surface area (TPSA) is 56.3 Å². The fourth-order valence-corrected chi connectivity index (χ4v) is 3.30. The summed E-state index contributed by atoms with van der Waals surface area (Å²) in [5, 5.41) is 3.39. The zero-order valence-electron chi connectivity index (χ0n) is 13.1. The molecule has 3 heterocycles. The van der Waals surface area contributed by atoms with Crippen molar-refractivity contribution in [3.05, 3.63) is 22.8 Å². The summed E-state index contributed by atoms with van der Waals surface area (Å²) >= 11 is 0. The van der Waals surface area contributed by atoms with Crippen molar-refractivity contribution in [2.24, 2.45) is 0 Å². The first-order chi connectivity index (χ1) is 10.3. The molecule has 1 N–H and O–H groups in total. The van der Waals surface area contributed by atoms with E-state index in [-0.39, 0.29) is 5.60 Å². The number of fused-ring (bicyclic) bond motifs is 1. The lowest BCUT2D eigenvalue weighted by molar-refractivity contribution is -0.118. The molecule has 0 saturated carbocycles. The van der Waals surface area contributed by atoms with Crippen LogP contribution in [0.15, 0.2) is 0 Å². The smallest absolute Gasteiger partial charge is 0.161 e. The SMILES string of the molecule is CCCc1nc(C2(OCC)CCOCC2)nc2c1CNC2. The highest BCUT2D eigenvalue weighted by atomic mass is 16.5. The molecule has 1 fully saturated rings. The van der Waals surface area contributed by atoms with E-state index in [9.17, 15) is 0 Å². The fraction of sp³-hybridized carbons (Fsp3) is 0.750. The van der Waals surface area contributed by atoms with Gasteiger partial charge in [0.25, 0.3) is 0 Å². The highest BCUT2D eigenvalue weighted by molar-refractivity contribution is 5.30. The van der Waals surface area contributed by atoms with Gasteiger partial charge in [-0.3, -0.25) is 0 Å². The van der Waals surface area contributed by atoms with Crippen LogP contribution in [0.25, 0.3) is 0 Å². The van der Waals surface area contributed by atoms with Gasteiger partial charge in [-0.25, -0.2) is 9.97 Å². The molecule has 0 aliphatic carbocycles. The highest BCUT2D eigenvalue weighted by Crippen LogP contribution is 2.35. The van der Waals surface area contributed by atoms with Crippen molar-refractivity contribution in [1.29, 1.82) is 0 Å². The van der Waals surface area contributed by atoms with Crippen LogP contribution in [-0.4, -0.2) is 29.8 Å². The molecule has 2 aliphatic heterocycles. The summed E-state index contributed by atoms with van der Waals surface area (Å²) in [7, 11) is 0. The predicted octanol–water partition coefficient (Wildman–Crippen LogP) is 2.07. The zero-order chi connectivity index (χ0) is 14.7. The van der Waals surface area contributed by atoms with Crippen LogP contribution in [0.3, 0.4) is 0 Å². The zero-order valence-corrected chi connectivity index (χ0v) is 13.1. The summed E-state index contributed by atoms with van der Waals surface area (Å²) in [5.74, 6) is 0.874. The van der Waals surface area contributed by atoms with E-state index in [0.29, 0.717) is 6.61 Å². The van der Waals surface area contributed by atoms with Gasteiger partial charge in [-0.05, 0) is 13.3 Å². The number of aryl methyl sites for hydroxylation is 1. The predicted molar refractivity (Wildman–Crippen MR) is 79.9 cm³/mol. The third-order valence-corrected chi connectivity index (χ3v) is 4.39. The van der Waals surface area contributed by atoms with E-state index in [2.05, 4.69) is 12.2 Å². The molecule has 1 aromatic rings. The Labute approximate surface area is 126 Å². The normalized spacial score (nSPS) is 20.5. The number of aromatic nitrogens is 2. The first-order valence-electron chi connectivity index (χ1n) is 8.10. The number of hydrogen-bond acceptors (Lipinski definition) is 5. The molecule has 1 aromatic heterocycles. The van der Waals surface area contributed by atoms with E-state index < -0.39 is 0 Å². The van der Waals surface area contributed by atoms with Crippen molar-refractivity contribution in [2.75, 3.05) is 19.8 Å². The fourth-order valence-electron chi connectivity index (χ4n) is 3.30. The van der Waals surface area contributed by atoms with E-state index in [4.69, 9.17) is 19.4 Å². The minimum Gasteiger partial charge on any atom is -0.381 e. The third kappa shape index (κ3) is 2.82. The minimum absolute atomic E-state index is 0.354. The van der Waals surface area contributed by atoms with Crippen molar-refractivity contribution in [1.82, 2.24) is 15.3 Å². The standard InChI is InChI=1S/C16H25N3O2/c1-3-5-13-12-10-17-11-14(12)19-15(18-13)16(21-4-2)6-8-20-9-7-16/h17H,3-11H2,1-2H3. The van der Waals surface area contributed by atoms with Crippen LogP contribution in [0.4, 0.5) is 0 Å². The first-order valence-corrected chi connectivity index (χ1v) is 8.10. The molecule has 0 atom stereocenters. The summed E-state index contributed by atoms with van der Waals surface area (Å²) < 4.78 is 11.6. The van der Waals surface area contributed by atoms with Crippen molar-refractivity contribution in [2.45, 2.75) is 58.2 Å². The van der Waals surface area contributed by atoms with Gasteiger partial charge in [0.2, 0.25) is 0 Å². The molecule has 0 unspecified atom stereocenters. The summed E-state index contributed by atoms with van der Waals surface area (Å²) in [6.07, 6.45) is 3.81. The Hall–Kier alpha value is -1.04. The van der Waals surface area contributed by atoms with Crippen LogP contribution in [-0.2, 0) is 34.6 Å². The molecule has 1 saturated heterocycles. The van der Waals surface area contributed by atoms with Crippen molar-refractivity contribution < 1.29 is 9.47 Å². The maximum absolute atomic E-state index is 6.12. The van der Waals surface area contributed by atoms with Gasteiger partial charge >= 0.3 is 0 Å². The Balaban J connectivity index is 2.01. The van der Waals surface area contributed by atoms with Crippen LogP contribution in [0, 0.1) is 0 Å². The molecule has 5 nitrogen and oxygen atoms in total. The molecule has 5 heteroatoms. The Morgan fingerprint density at radius 1 is 1.19 bits per heavy atom. The second kappa shape index (κ2) is 6.38. The van der Waals surface area contributed by atoms with Crippen LogP contribution in [0.5, 0.6) is 0 Å². The van der Waals surface area contributed by atoms with E-state index >= 15 is 0 Å². The molecule has 2 aliphatic rings. The van der Waals surface area contributed by atoms with Crippen LogP contribution in [0.2, 0.25) is 0 Å². The maximum atomic E-state index is 6.12. The maximum Gasteiger partial charge on any atom is 0.161 e. The quantitative estimate of drug-likeness (QED) is 0.900. The molecule has 116 valence electrons. The number of nitrogens with zero attached hydrogens (tertiary/aromatic N) is 2. The van der Waals surface area contributed by atoms with Crippen molar-refractivity contribution in [3.63, 3.8) is 0 Å². The number of ether oxygens (including phenoxy) is 2. The third-order valence-electron chi connectivity index (χ3n) is 4.39. The average Bonchev–Trinajstić information content (AvgIpc) is 2.97. The molecular formula is C16H25N3O2. The average molecular weight is 291 g/mol. The lowest BCUT2D eigenvalue weighted by atomic mass is 9.92. The van der Waals surface area contributed by atoms with E-state index in [1.165, 1.54) is 11.3 Å². The van der Waals surface area contributed by atoms with Gasteiger partial charge < -0.3 is 14.8 Å². The molecule has 3 rings (SSSR count). The van der Waals surface area contributed by atoms with Gasteiger partial charge in [0.15, 0.2) is 5.82 Å². The first kappa shape index (κ1) is 14.9. The molecule has 21 heavy (non-hydrogen) atoms. The lowest BCUT2D eigenvalue weighted by Gasteiger charge is -2.35.